The lowest BCUT2D eigenvalue weighted by molar-refractivity contribution is 1.00. The van der Waals surface area contributed by atoms with E-state index in [1.807, 2.05) is 0 Å². The highest BCUT2D eigenvalue weighted by Crippen LogP contribution is 2.24. The third kappa shape index (κ3) is 1.74. The van der Waals surface area contributed by atoms with Crippen molar-refractivity contribution in [2.75, 3.05) is 0 Å². The van der Waals surface area contributed by atoms with Crippen LogP contribution in [0.25, 0.3) is 11.1 Å². The first kappa shape index (κ1) is 9.29. The maximum Gasteiger partial charge on any atom is 0.130 e. The summed E-state index contributed by atoms with van der Waals surface area (Å²) in [6, 6.07) is 15.1. The van der Waals surface area contributed by atoms with Crippen LogP contribution in [0.1, 0.15) is 5.56 Å². The third-order valence-electron chi connectivity index (χ3n) is 2.96. The first-order chi connectivity index (χ1) is 7.92. The van der Waals surface area contributed by atoms with Crippen LogP contribution >= 0.6 is 0 Å². The van der Waals surface area contributed by atoms with E-state index in [0.29, 0.717) is 5.92 Å². The molecule has 0 aromatic carbocycles. The molecule has 0 atom stereocenters. The van der Waals surface area contributed by atoms with Gasteiger partial charge < -0.3 is 0 Å². The van der Waals surface area contributed by atoms with Gasteiger partial charge in [-0.05, 0) is 11.1 Å². The number of fused-ring (bicyclic) bond motifs is 1. The van der Waals surface area contributed by atoms with Gasteiger partial charge >= 0.3 is 0 Å². The third-order valence-corrected chi connectivity index (χ3v) is 2.96. The minimum Gasteiger partial charge on any atom is -0.0644 e. The van der Waals surface area contributed by atoms with Crippen molar-refractivity contribution in [3.63, 3.8) is 0 Å². The first-order valence-electron chi connectivity index (χ1n) is 5.60. The molecule has 0 bridgehead atoms. The van der Waals surface area contributed by atoms with Crippen LogP contribution in [0.2, 0.25) is 0 Å². The first-order valence-corrected chi connectivity index (χ1v) is 5.60. The molecule has 0 saturated carbocycles. The van der Waals surface area contributed by atoms with Crippen LogP contribution in [0.15, 0.2) is 66.8 Å². The predicted octanol–water partition coefficient (Wildman–Crippen LogP) is 4.09. The van der Waals surface area contributed by atoms with Crippen molar-refractivity contribution in [1.82, 2.24) is 0 Å². The van der Waals surface area contributed by atoms with E-state index in [9.17, 15) is 0 Å². The van der Waals surface area contributed by atoms with Crippen LogP contribution in [0, 0.1) is 12.3 Å². The highest BCUT2D eigenvalue weighted by Gasteiger charge is 2.11. The zero-order valence-electron chi connectivity index (χ0n) is 9.01. The van der Waals surface area contributed by atoms with E-state index in [-0.39, 0.29) is 0 Å². The molecule has 76 valence electrons. The van der Waals surface area contributed by atoms with Crippen molar-refractivity contribution in [2.45, 2.75) is 0 Å². The maximum atomic E-state index is 2.28. The number of hydrogen-bond donors (Lipinski definition) is 0. The molecular formula is C16H13+. The lowest BCUT2D eigenvalue weighted by Gasteiger charge is -1.95. The summed E-state index contributed by atoms with van der Waals surface area (Å²) in [6.45, 7) is 0. The normalized spacial score (nSPS) is 14.8. The molecule has 3 rings (SSSR count). The number of hydrogen-bond acceptors (Lipinski definition) is 0. The Bertz CT molecular complexity index is 477. The van der Waals surface area contributed by atoms with E-state index < -0.39 is 0 Å². The van der Waals surface area contributed by atoms with Crippen LogP contribution in [0.3, 0.4) is 0 Å². The standard InChI is InChI=1S/C16H13/c1-2-5-13(4-1)12-14-8-10-15-6-3-7-16(15)11-9-14/h1-13H/q+1. The quantitative estimate of drug-likeness (QED) is 0.648. The van der Waals surface area contributed by atoms with Crippen molar-refractivity contribution >= 4 is 0 Å². The molecule has 16 heavy (non-hydrogen) atoms. The van der Waals surface area contributed by atoms with Crippen LogP contribution in [0.4, 0.5) is 0 Å². The fourth-order valence-corrected chi connectivity index (χ4v) is 2.07. The lowest BCUT2D eigenvalue weighted by atomic mass is 10.0. The molecule has 0 amide bonds. The van der Waals surface area contributed by atoms with E-state index in [1.165, 1.54) is 16.7 Å². The average molecular weight is 205 g/mol. The summed E-state index contributed by atoms with van der Waals surface area (Å²) in [6.07, 6.45) is 10.9. The van der Waals surface area contributed by atoms with Gasteiger partial charge in [-0.25, -0.2) is 0 Å². The highest BCUT2D eigenvalue weighted by molar-refractivity contribution is 5.66. The molecule has 0 heterocycles. The van der Waals surface area contributed by atoms with Crippen LogP contribution in [-0.4, -0.2) is 0 Å². The Morgan fingerprint density at radius 3 is 2.00 bits per heavy atom. The molecule has 0 aliphatic heterocycles. The molecule has 0 radical (unpaired) electrons. The van der Waals surface area contributed by atoms with E-state index in [4.69, 9.17) is 0 Å². The Labute approximate surface area is 96.3 Å². The van der Waals surface area contributed by atoms with Gasteiger partial charge in [-0.15, -0.1) is 0 Å². The van der Waals surface area contributed by atoms with Gasteiger partial charge in [0.15, 0.2) is 0 Å². The highest BCUT2D eigenvalue weighted by atomic mass is 14.1. The van der Waals surface area contributed by atoms with Crippen molar-refractivity contribution in [3.05, 3.63) is 78.8 Å². The molecule has 3 aliphatic carbocycles. The van der Waals surface area contributed by atoms with Gasteiger partial charge in [-0.1, -0.05) is 42.5 Å². The van der Waals surface area contributed by atoms with Gasteiger partial charge in [0, 0.05) is 30.7 Å². The smallest absolute Gasteiger partial charge is 0.0644 e. The molecular weight excluding hydrogens is 192 g/mol. The van der Waals surface area contributed by atoms with Gasteiger partial charge in [0.2, 0.25) is 0 Å². The molecule has 0 N–H and O–H groups in total. The Morgan fingerprint density at radius 1 is 0.750 bits per heavy atom. The largest absolute Gasteiger partial charge is 0.130 e. The molecule has 0 unspecified atom stereocenters. The summed E-state index contributed by atoms with van der Waals surface area (Å²) >= 11 is 0. The van der Waals surface area contributed by atoms with E-state index in [1.54, 1.807) is 0 Å². The summed E-state index contributed by atoms with van der Waals surface area (Å²) in [5.41, 5.74) is 3.88. The molecule has 0 saturated heterocycles. The van der Waals surface area contributed by atoms with Gasteiger partial charge in [-0.3, -0.25) is 0 Å². The molecule has 0 aromatic rings. The summed E-state index contributed by atoms with van der Waals surface area (Å²) in [7, 11) is 0. The molecule has 0 nitrogen and oxygen atoms in total. The van der Waals surface area contributed by atoms with Crippen molar-refractivity contribution in [2.24, 2.45) is 5.92 Å². The van der Waals surface area contributed by atoms with Crippen molar-refractivity contribution < 1.29 is 0 Å². The summed E-state index contributed by atoms with van der Waals surface area (Å²) < 4.78 is 0. The molecule has 0 fully saturated rings. The van der Waals surface area contributed by atoms with Crippen LogP contribution < -0.4 is 0 Å². The van der Waals surface area contributed by atoms with Crippen molar-refractivity contribution in [3.8, 4) is 11.1 Å². The second-order valence-electron chi connectivity index (χ2n) is 4.12. The van der Waals surface area contributed by atoms with E-state index in [2.05, 4.69) is 73.2 Å². The zero-order valence-corrected chi connectivity index (χ0v) is 9.01. The second kappa shape index (κ2) is 3.90. The summed E-state index contributed by atoms with van der Waals surface area (Å²) in [5, 5.41) is 0. The lowest BCUT2D eigenvalue weighted by Crippen LogP contribution is -1.90. The maximum absolute atomic E-state index is 2.28. The number of allylic oxidation sites excluding steroid dienone is 4. The molecule has 0 spiro atoms. The molecule has 0 aromatic heterocycles. The van der Waals surface area contributed by atoms with Crippen molar-refractivity contribution in [1.29, 1.82) is 0 Å². The van der Waals surface area contributed by atoms with Gasteiger partial charge in [-0.2, -0.15) is 0 Å². The topological polar surface area (TPSA) is 0 Å². The zero-order chi connectivity index (χ0) is 10.8. The van der Waals surface area contributed by atoms with Gasteiger partial charge in [0.05, 0.1) is 5.92 Å². The van der Waals surface area contributed by atoms with E-state index >= 15 is 0 Å². The van der Waals surface area contributed by atoms with Crippen LogP contribution in [0.5, 0.6) is 0 Å². The van der Waals surface area contributed by atoms with Gasteiger partial charge in [0.25, 0.3) is 0 Å². The second-order valence-corrected chi connectivity index (χ2v) is 4.12. The SMILES string of the molecule is C1=CC([CH+]c2ccc3cccc-3cc2)C=C1. The monoisotopic (exact) mass is 205 g/mol. The average Bonchev–Trinajstić information content (AvgIpc) is 2.90. The Kier molecular flexibility index (Phi) is 2.26. The Morgan fingerprint density at radius 2 is 1.38 bits per heavy atom. The Hall–Kier alpha value is -1.95. The predicted molar refractivity (Wildman–Crippen MR) is 68.2 cm³/mol. The minimum atomic E-state index is 0.455. The molecule has 0 heteroatoms. The number of rotatable bonds is 2. The fraction of sp³-hybridized carbons (Fsp3) is 0.0625. The summed E-state index contributed by atoms with van der Waals surface area (Å²) in [4.78, 5) is 0. The minimum absolute atomic E-state index is 0.455. The Balaban J connectivity index is 1.90. The fourth-order valence-electron chi connectivity index (χ4n) is 2.07. The van der Waals surface area contributed by atoms with Crippen LogP contribution in [-0.2, 0) is 0 Å². The van der Waals surface area contributed by atoms with E-state index in [0.717, 1.165) is 0 Å². The van der Waals surface area contributed by atoms with Gasteiger partial charge in [0.1, 0.15) is 5.56 Å². The summed E-state index contributed by atoms with van der Waals surface area (Å²) in [5.74, 6) is 0.455. The molecule has 3 aliphatic rings.